The van der Waals surface area contributed by atoms with Crippen molar-refractivity contribution in [1.29, 1.82) is 0 Å². The molecule has 3 atom stereocenters. The van der Waals surface area contributed by atoms with E-state index in [0.29, 0.717) is 19.3 Å². The van der Waals surface area contributed by atoms with Crippen molar-refractivity contribution in [2.75, 3.05) is 26.4 Å². The van der Waals surface area contributed by atoms with Crippen molar-refractivity contribution in [1.82, 2.24) is 0 Å². The van der Waals surface area contributed by atoms with Crippen molar-refractivity contribution in [3.05, 3.63) is 85.1 Å². The second-order valence-electron chi connectivity index (χ2n) is 20.2. The Morgan fingerprint density at radius 3 is 1.04 bits per heavy atom. The average Bonchev–Trinajstić information content (AvgIpc) is 3.41. The molecule has 0 radical (unpaired) electrons. The van der Waals surface area contributed by atoms with Gasteiger partial charge in [-0.25, -0.2) is 4.57 Å². The first-order valence-corrected chi connectivity index (χ1v) is 32.0. The summed E-state index contributed by atoms with van der Waals surface area (Å²) in [5, 5.41) is 9.82. The second kappa shape index (κ2) is 57.8. The number of hydrogen-bond acceptors (Lipinski definition) is 10. The normalized spacial score (nSPS) is 13.9. The molecule has 0 saturated heterocycles. The summed E-state index contributed by atoms with van der Waals surface area (Å²) in [4.78, 5) is 48.6. The van der Waals surface area contributed by atoms with Crippen molar-refractivity contribution >= 4 is 25.7 Å². The number of phosphoric acid groups is 1. The average molecular weight is 1090 g/mol. The van der Waals surface area contributed by atoms with Crippen molar-refractivity contribution in [3.8, 4) is 0 Å². The van der Waals surface area contributed by atoms with E-state index in [0.717, 1.165) is 141 Å². The molecule has 0 rings (SSSR count). The maximum absolute atomic E-state index is 12.9. The van der Waals surface area contributed by atoms with Crippen LogP contribution in [0, 0.1) is 0 Å². The molecule has 0 heterocycles. The zero-order valence-electron chi connectivity index (χ0n) is 48.5. The van der Waals surface area contributed by atoms with Crippen LogP contribution in [0.1, 0.15) is 265 Å². The minimum atomic E-state index is -4.76. The molecule has 0 aromatic heterocycles. The molecule has 2 N–H and O–H groups in total. The molecule has 0 aliphatic heterocycles. The van der Waals surface area contributed by atoms with Crippen LogP contribution in [0.15, 0.2) is 85.1 Å². The van der Waals surface area contributed by atoms with Crippen LogP contribution >= 0.6 is 7.82 Å². The smallest absolute Gasteiger partial charge is 0.462 e. The first-order chi connectivity index (χ1) is 37.2. The lowest BCUT2D eigenvalue weighted by Gasteiger charge is -2.21. The Balaban J connectivity index is 4.77. The van der Waals surface area contributed by atoms with Gasteiger partial charge in [0, 0.05) is 19.3 Å². The van der Waals surface area contributed by atoms with Gasteiger partial charge in [0.1, 0.15) is 12.7 Å². The predicted octanol–water partition coefficient (Wildman–Crippen LogP) is 18.3. The summed E-state index contributed by atoms with van der Waals surface area (Å²) in [6.45, 7) is 4.50. The van der Waals surface area contributed by atoms with Gasteiger partial charge in [-0.15, -0.1) is 0 Å². The number of ether oxygens (including phenoxy) is 3. The van der Waals surface area contributed by atoms with Crippen molar-refractivity contribution in [2.24, 2.45) is 0 Å². The van der Waals surface area contributed by atoms with Crippen LogP contribution in [0.25, 0.3) is 0 Å². The van der Waals surface area contributed by atoms with Gasteiger partial charge < -0.3 is 24.2 Å². The molecule has 0 aromatic rings. The van der Waals surface area contributed by atoms with Gasteiger partial charge in [0.25, 0.3) is 0 Å². The molecule has 0 bridgehead atoms. The van der Waals surface area contributed by atoms with E-state index in [9.17, 15) is 28.9 Å². The van der Waals surface area contributed by atoms with Gasteiger partial charge in [0.2, 0.25) is 0 Å². The van der Waals surface area contributed by atoms with Crippen molar-refractivity contribution in [2.45, 2.75) is 277 Å². The summed E-state index contributed by atoms with van der Waals surface area (Å²) in [7, 11) is -4.76. The largest absolute Gasteiger partial charge is 0.472 e. The third kappa shape index (κ3) is 55.4. The number of carbonyl (C=O) groups excluding carboxylic acids is 3. The fourth-order valence-electron chi connectivity index (χ4n) is 8.08. The van der Waals surface area contributed by atoms with E-state index in [1.165, 1.54) is 64.2 Å². The maximum atomic E-state index is 12.9. The molecule has 0 saturated carbocycles. The number of hydrogen-bond donors (Lipinski definition) is 2. The Morgan fingerprint density at radius 1 is 0.368 bits per heavy atom. The highest BCUT2D eigenvalue weighted by Gasteiger charge is 2.28. The Hall–Kier alpha value is -3.34. The first-order valence-electron chi connectivity index (χ1n) is 30.5. The van der Waals surface area contributed by atoms with Crippen LogP contribution in [0.3, 0.4) is 0 Å². The van der Waals surface area contributed by atoms with Crippen LogP contribution in [-0.2, 0) is 42.2 Å². The Kier molecular flexibility index (Phi) is 55.3. The molecule has 76 heavy (non-hydrogen) atoms. The number of rotatable bonds is 56. The highest BCUT2D eigenvalue weighted by molar-refractivity contribution is 7.47. The van der Waals surface area contributed by atoms with Crippen LogP contribution in [0.4, 0.5) is 0 Å². The molecule has 0 aromatic carbocycles. The Bertz CT molecular complexity index is 1600. The lowest BCUT2D eigenvalue weighted by atomic mass is 10.1. The molecule has 0 amide bonds. The molecular formula is C64H111O11P. The van der Waals surface area contributed by atoms with Gasteiger partial charge in [0.15, 0.2) is 6.10 Å². The number of esters is 3. The predicted molar refractivity (Wildman–Crippen MR) is 316 cm³/mol. The number of carbonyl (C=O) groups is 3. The van der Waals surface area contributed by atoms with Gasteiger partial charge in [-0.05, 0) is 116 Å². The Labute approximate surface area is 464 Å². The molecule has 11 nitrogen and oxygen atoms in total. The van der Waals surface area contributed by atoms with E-state index in [4.69, 9.17) is 23.3 Å². The summed E-state index contributed by atoms with van der Waals surface area (Å²) >= 11 is 0. The number of aliphatic hydroxyl groups is 1. The van der Waals surface area contributed by atoms with E-state index < -0.39 is 57.8 Å². The van der Waals surface area contributed by atoms with Crippen molar-refractivity contribution < 1.29 is 52.2 Å². The highest BCUT2D eigenvalue weighted by Crippen LogP contribution is 2.43. The van der Waals surface area contributed by atoms with Crippen LogP contribution < -0.4 is 0 Å². The third-order valence-corrected chi connectivity index (χ3v) is 13.7. The van der Waals surface area contributed by atoms with Crippen LogP contribution in [0.2, 0.25) is 0 Å². The van der Waals surface area contributed by atoms with E-state index in [1.54, 1.807) is 0 Å². The monoisotopic (exact) mass is 1090 g/mol. The number of phosphoric ester groups is 1. The van der Waals surface area contributed by atoms with E-state index in [1.807, 2.05) is 0 Å². The molecular weight excluding hydrogens is 976 g/mol. The summed E-state index contributed by atoms with van der Waals surface area (Å²) in [6.07, 6.45) is 66.7. The lowest BCUT2D eigenvalue weighted by molar-refractivity contribution is -0.161. The number of aliphatic hydroxyl groups excluding tert-OH is 1. The maximum Gasteiger partial charge on any atom is 0.472 e. The van der Waals surface area contributed by atoms with Gasteiger partial charge in [0.05, 0.1) is 19.8 Å². The minimum Gasteiger partial charge on any atom is -0.462 e. The summed E-state index contributed by atoms with van der Waals surface area (Å²) < 4.78 is 39.6. The summed E-state index contributed by atoms with van der Waals surface area (Å²) in [5.74, 6) is -1.50. The topological polar surface area (TPSA) is 155 Å². The van der Waals surface area contributed by atoms with E-state index >= 15 is 0 Å². The molecule has 0 aliphatic carbocycles. The number of unbranched alkanes of at least 4 members (excludes halogenated alkanes) is 25. The third-order valence-electron chi connectivity index (χ3n) is 12.7. The first kappa shape index (κ1) is 72.7. The van der Waals surface area contributed by atoms with E-state index in [2.05, 4.69) is 106 Å². The van der Waals surface area contributed by atoms with Crippen LogP contribution in [-0.4, -0.2) is 66.5 Å². The lowest BCUT2D eigenvalue weighted by Crippen LogP contribution is -2.30. The molecule has 0 spiro atoms. The fourth-order valence-corrected chi connectivity index (χ4v) is 8.86. The molecule has 0 fully saturated rings. The van der Waals surface area contributed by atoms with Gasteiger partial charge >= 0.3 is 25.7 Å². The quantitative estimate of drug-likeness (QED) is 0.0197. The number of allylic oxidation sites excluding steroid dienone is 14. The minimum absolute atomic E-state index is 0.148. The zero-order valence-corrected chi connectivity index (χ0v) is 49.3. The molecule has 12 heteroatoms. The van der Waals surface area contributed by atoms with Crippen molar-refractivity contribution in [3.63, 3.8) is 0 Å². The van der Waals surface area contributed by atoms with Gasteiger partial charge in [-0.1, -0.05) is 215 Å². The summed E-state index contributed by atoms with van der Waals surface area (Å²) in [6, 6.07) is 0. The second-order valence-corrected chi connectivity index (χ2v) is 21.6. The molecule has 0 aliphatic rings. The van der Waals surface area contributed by atoms with Gasteiger partial charge in [-0.2, -0.15) is 0 Å². The van der Waals surface area contributed by atoms with E-state index in [-0.39, 0.29) is 25.9 Å². The SMILES string of the molecule is CCC/C=C\C/C=C\CCCCCCCC(=O)OC(CO)COP(=O)(O)OCC(COC(=O)CCCCCCCCC/C=C\C/C=C\CCCCC)OC(=O)CCCCCCCC/C=C\C/C=C\C/C=C\CCCCC. The highest BCUT2D eigenvalue weighted by atomic mass is 31.2. The molecule has 3 unspecified atom stereocenters. The fraction of sp³-hybridized carbons (Fsp3) is 0.734. The molecule has 438 valence electrons. The van der Waals surface area contributed by atoms with Gasteiger partial charge in [-0.3, -0.25) is 23.4 Å². The summed E-state index contributed by atoms with van der Waals surface area (Å²) in [5.41, 5.74) is 0. The zero-order chi connectivity index (χ0) is 55.5. The Morgan fingerprint density at radius 2 is 0.671 bits per heavy atom. The van der Waals surface area contributed by atoms with Crippen LogP contribution in [0.5, 0.6) is 0 Å². The standard InChI is InChI=1S/C64H111O11P/c1-4-7-10-13-16-19-22-25-27-29-30-32-34-37-40-43-46-49-52-55-64(68)75-61(57-71-62(66)53-50-47-44-41-38-36-33-31-28-26-23-20-17-14-11-8-5-2)59-73-76(69,70)72-58-60(56-65)74-63(67)54-51-48-45-42-39-35-24-21-18-15-12-9-6-3/h12,15-17,19-21,24-28,30,32,60-61,65H,4-11,13-14,18,22-23,29,31,33-59H2,1-3H3,(H,69,70)/b15-12-,19-16-,20-17-,24-21-,27-25-,28-26-,32-30-.